The van der Waals surface area contributed by atoms with Crippen LogP contribution in [0.25, 0.3) is 5.78 Å². The number of rotatable bonds is 7. The molecule has 3 heterocycles. The van der Waals surface area contributed by atoms with E-state index in [0.717, 1.165) is 43.9 Å². The summed E-state index contributed by atoms with van der Waals surface area (Å²) < 4.78 is 22.7. The average molecular weight is 368 g/mol. The maximum absolute atomic E-state index is 10.4. The van der Waals surface area contributed by atoms with Gasteiger partial charge < -0.3 is 9.80 Å². The quantitative estimate of drug-likeness (QED) is 0.338. The molecule has 0 spiro atoms. The summed E-state index contributed by atoms with van der Waals surface area (Å²) >= 11 is 0. The Kier molecular flexibility index (Phi) is 5.66. The Morgan fingerprint density at radius 2 is 2.04 bits per heavy atom. The highest BCUT2D eigenvalue weighted by atomic mass is 32.2. The van der Waals surface area contributed by atoms with Gasteiger partial charge in [0.25, 0.3) is 5.78 Å². The monoisotopic (exact) mass is 368 g/mol. The Morgan fingerprint density at radius 3 is 2.72 bits per heavy atom. The molecular weight excluding hydrogens is 344 g/mol. The predicted octanol–water partition coefficient (Wildman–Crippen LogP) is -0.583. The highest BCUT2D eigenvalue weighted by Gasteiger charge is 2.23. The van der Waals surface area contributed by atoms with Crippen molar-refractivity contribution in [3.63, 3.8) is 0 Å². The number of nitrogens with zero attached hydrogens (tertiary/aromatic N) is 6. The fraction of sp³-hybridized carbons (Fsp3) is 0.643. The lowest BCUT2D eigenvalue weighted by Crippen LogP contribution is -2.37. The van der Waals surface area contributed by atoms with Crippen molar-refractivity contribution in [2.75, 3.05) is 43.5 Å². The fourth-order valence-corrected chi connectivity index (χ4v) is 3.50. The molecule has 25 heavy (non-hydrogen) atoms. The number of thiol groups is 1. The molecule has 0 saturated carbocycles. The second kappa shape index (κ2) is 7.93. The van der Waals surface area contributed by atoms with Crippen molar-refractivity contribution < 1.29 is 8.42 Å². The molecule has 2 aromatic rings. The van der Waals surface area contributed by atoms with Crippen LogP contribution in [0.1, 0.15) is 19.3 Å². The highest BCUT2D eigenvalue weighted by Crippen LogP contribution is 2.31. The van der Waals surface area contributed by atoms with Gasteiger partial charge in [-0.3, -0.25) is 0 Å². The molecule has 11 heteroatoms. The Bertz CT molecular complexity index is 774. The lowest BCUT2D eigenvalue weighted by Gasteiger charge is -2.35. The molecule has 0 bridgehead atoms. The van der Waals surface area contributed by atoms with E-state index in [1.165, 1.54) is 6.33 Å². The average Bonchev–Trinajstić information content (AvgIpc) is 3.06. The number of hydrogen-bond acceptors (Lipinski definition) is 8. The van der Waals surface area contributed by atoms with Crippen LogP contribution in [-0.4, -0.2) is 61.7 Å². The lowest BCUT2D eigenvalue weighted by atomic mass is 9.93. The molecule has 1 aliphatic heterocycles. The minimum absolute atomic E-state index is 0.584. The van der Waals surface area contributed by atoms with Gasteiger partial charge in [-0.15, -0.1) is 0 Å². The first-order valence-electron chi connectivity index (χ1n) is 8.30. The third-order valence-electron chi connectivity index (χ3n) is 4.49. The summed E-state index contributed by atoms with van der Waals surface area (Å²) in [6.45, 7) is 2.52. The molecule has 1 aliphatic rings. The van der Waals surface area contributed by atoms with Crippen LogP contribution in [0.4, 0.5) is 11.5 Å². The highest BCUT2D eigenvalue weighted by molar-refractivity contribution is 7.70. The molecule has 2 aromatic heterocycles. The van der Waals surface area contributed by atoms with Gasteiger partial charge in [0.1, 0.15) is 6.33 Å². The van der Waals surface area contributed by atoms with Gasteiger partial charge in [-0.2, -0.15) is 19.4 Å². The van der Waals surface area contributed by atoms with E-state index >= 15 is 0 Å². The molecule has 1 fully saturated rings. The summed E-state index contributed by atoms with van der Waals surface area (Å²) in [5.74, 6) is 2.16. The molecule has 0 atom stereocenters. The number of fused-ring (bicyclic) bond motifs is 1. The van der Waals surface area contributed by atoms with Crippen molar-refractivity contribution in [2.45, 2.75) is 19.3 Å². The second-order valence-corrected chi connectivity index (χ2v) is 7.09. The van der Waals surface area contributed by atoms with Crippen molar-refractivity contribution in [1.82, 2.24) is 29.8 Å². The Balaban J connectivity index is 1.63. The zero-order valence-corrected chi connectivity index (χ0v) is 15.3. The normalized spacial score (nSPS) is 16.0. The van der Waals surface area contributed by atoms with Crippen molar-refractivity contribution in [3.05, 3.63) is 12.5 Å². The van der Waals surface area contributed by atoms with Gasteiger partial charge >= 0.3 is 0 Å². The molecule has 0 amide bonds. The summed E-state index contributed by atoms with van der Waals surface area (Å²) in [6.07, 6.45) is 6.46. The molecule has 138 valence electrons. The smallest absolute Gasteiger partial charge is 0.254 e. The van der Waals surface area contributed by atoms with Crippen LogP contribution in [0.3, 0.4) is 0 Å². The minimum atomic E-state index is -2.58. The number of hydrazine groups is 1. The SMILES string of the molecule is CN(C)c1c(N2CCC(CCNN[SH](=O)=O)CC2)cnc2ncnn12. The standard InChI is InChI=1S/C14H24N8O2S/c1-20(2)13-12(9-15-14-16-10-18-22(13)14)21-7-4-11(5-8-21)3-6-17-19-25(23)24/h9-11,17,25H,3-8H2,1-2H3,(H,19,23,24). The maximum Gasteiger partial charge on any atom is 0.254 e. The van der Waals surface area contributed by atoms with Gasteiger partial charge in [0, 0.05) is 33.7 Å². The summed E-state index contributed by atoms with van der Waals surface area (Å²) in [4.78, 5) is 15.1. The van der Waals surface area contributed by atoms with E-state index < -0.39 is 10.9 Å². The van der Waals surface area contributed by atoms with Crippen LogP contribution in [-0.2, 0) is 10.9 Å². The minimum Gasteiger partial charge on any atom is -0.367 e. The van der Waals surface area contributed by atoms with Gasteiger partial charge in [0.2, 0.25) is 10.9 Å². The number of anilines is 2. The van der Waals surface area contributed by atoms with Crippen molar-refractivity contribution in [2.24, 2.45) is 5.92 Å². The van der Waals surface area contributed by atoms with E-state index in [1.807, 2.05) is 25.2 Å². The Hall–Kier alpha value is -1.98. The van der Waals surface area contributed by atoms with Crippen molar-refractivity contribution in [3.8, 4) is 0 Å². The van der Waals surface area contributed by atoms with Gasteiger partial charge in [0.15, 0.2) is 5.82 Å². The maximum atomic E-state index is 10.4. The van der Waals surface area contributed by atoms with Crippen LogP contribution in [0.2, 0.25) is 0 Å². The molecule has 0 aliphatic carbocycles. The molecule has 3 rings (SSSR count). The Morgan fingerprint density at radius 1 is 1.28 bits per heavy atom. The van der Waals surface area contributed by atoms with Crippen molar-refractivity contribution >= 4 is 28.2 Å². The van der Waals surface area contributed by atoms with Crippen LogP contribution >= 0.6 is 0 Å². The summed E-state index contributed by atoms with van der Waals surface area (Å²) in [5.41, 5.74) is 3.78. The van der Waals surface area contributed by atoms with Gasteiger partial charge in [0.05, 0.1) is 11.9 Å². The summed E-state index contributed by atoms with van der Waals surface area (Å²) in [6, 6.07) is 0. The Labute approximate surface area is 148 Å². The van der Waals surface area contributed by atoms with Crippen LogP contribution < -0.4 is 20.1 Å². The van der Waals surface area contributed by atoms with E-state index in [2.05, 4.69) is 30.2 Å². The third-order valence-corrected chi connectivity index (χ3v) is 4.83. The zero-order valence-electron chi connectivity index (χ0n) is 14.4. The first kappa shape index (κ1) is 17.8. The van der Waals surface area contributed by atoms with Crippen LogP contribution in [0.15, 0.2) is 12.5 Å². The molecule has 0 aromatic carbocycles. The number of piperidine rings is 1. The first-order valence-corrected chi connectivity index (χ1v) is 9.48. The molecular formula is C14H24N8O2S. The number of aromatic nitrogens is 4. The third kappa shape index (κ3) is 4.17. The van der Waals surface area contributed by atoms with Gasteiger partial charge in [-0.05, 0) is 25.2 Å². The lowest BCUT2D eigenvalue weighted by molar-refractivity contribution is 0.371. The van der Waals surface area contributed by atoms with E-state index in [9.17, 15) is 8.42 Å². The molecule has 10 nitrogen and oxygen atoms in total. The number of nitrogens with one attached hydrogen (secondary N) is 2. The topological polar surface area (TPSA) is 108 Å². The molecule has 1 saturated heterocycles. The van der Waals surface area contributed by atoms with E-state index in [0.29, 0.717) is 18.2 Å². The van der Waals surface area contributed by atoms with Crippen LogP contribution in [0, 0.1) is 5.92 Å². The second-order valence-electron chi connectivity index (χ2n) is 6.35. The summed E-state index contributed by atoms with van der Waals surface area (Å²) in [5, 5.41) is 4.28. The molecule has 0 unspecified atom stereocenters. The van der Waals surface area contributed by atoms with Crippen molar-refractivity contribution in [1.29, 1.82) is 0 Å². The molecule has 2 N–H and O–H groups in total. The predicted molar refractivity (Wildman–Crippen MR) is 96.1 cm³/mol. The van der Waals surface area contributed by atoms with Crippen LogP contribution in [0.5, 0.6) is 0 Å². The van der Waals surface area contributed by atoms with E-state index in [-0.39, 0.29) is 0 Å². The van der Waals surface area contributed by atoms with Gasteiger partial charge in [-0.25, -0.2) is 18.8 Å². The van der Waals surface area contributed by atoms with Gasteiger partial charge in [-0.1, -0.05) is 0 Å². The fourth-order valence-electron chi connectivity index (χ4n) is 3.26. The van der Waals surface area contributed by atoms with E-state index in [1.54, 1.807) is 4.52 Å². The first-order chi connectivity index (χ1) is 12.1. The largest absolute Gasteiger partial charge is 0.367 e. The molecule has 0 radical (unpaired) electrons. The summed E-state index contributed by atoms with van der Waals surface area (Å²) in [7, 11) is 1.40. The zero-order chi connectivity index (χ0) is 17.8. The van der Waals surface area contributed by atoms with E-state index in [4.69, 9.17) is 0 Å². The number of hydrogen-bond donors (Lipinski definition) is 3.